The summed E-state index contributed by atoms with van der Waals surface area (Å²) in [5.41, 5.74) is 7.39. The topological polar surface area (TPSA) is 582 Å². The number of hydrogen-bond donors (Lipinski definition) is 23. The Bertz CT molecular complexity index is 2880. The molecule has 5 fully saturated rings. The molecule has 0 bridgehead atoms. The van der Waals surface area contributed by atoms with Gasteiger partial charge in [0.05, 0.1) is 44.6 Å². The fourth-order valence-electron chi connectivity index (χ4n) is 11.3. The van der Waals surface area contributed by atoms with E-state index < -0.39 is 227 Å². The van der Waals surface area contributed by atoms with Crippen molar-refractivity contribution < 1.29 is 124 Å². The number of guanidine groups is 2. The molecule has 5 aliphatic heterocycles. The van der Waals surface area contributed by atoms with Crippen LogP contribution in [0.2, 0.25) is 0 Å². The fraction of sp³-hybridized carbons (Fsp3) is 0.655. The molecule has 5 heterocycles. The highest BCUT2D eigenvalue weighted by molar-refractivity contribution is 5.96. The first kappa shape index (κ1) is 74.5. The number of ether oxygens (including phenoxy) is 6. The normalized spacial score (nSPS) is 32.3. The predicted molar refractivity (Wildman–Crippen MR) is 318 cm³/mol. The molecule has 4 amide bonds. The van der Waals surface area contributed by atoms with Crippen LogP contribution in [0, 0.1) is 16.7 Å². The van der Waals surface area contributed by atoms with E-state index in [0.717, 1.165) is 4.90 Å². The largest absolute Gasteiger partial charge is 0.462 e. The zero-order valence-corrected chi connectivity index (χ0v) is 51.3. The Hall–Kier alpha value is -6.92. The van der Waals surface area contributed by atoms with E-state index in [1.54, 1.807) is 44.2 Å². The monoisotopic (exact) mass is 1340 g/mol. The zero-order chi connectivity index (χ0) is 69.0. The first-order chi connectivity index (χ1) is 44.7. The molecular formula is C58H86N11O25. The van der Waals surface area contributed by atoms with Crippen LogP contribution in [-0.2, 0) is 58.9 Å². The number of hydrogen-bond acceptors (Lipinski definition) is 28. The van der Waals surface area contributed by atoms with Crippen LogP contribution in [0.25, 0.3) is 0 Å². The van der Waals surface area contributed by atoms with E-state index in [-0.39, 0.29) is 36.2 Å². The van der Waals surface area contributed by atoms with Crippen LogP contribution in [0.3, 0.4) is 0 Å². The molecule has 0 saturated carbocycles. The molecule has 5 aliphatic rings. The smallest absolute Gasteiger partial charge is 0.306 e. The van der Waals surface area contributed by atoms with Crippen LogP contribution in [0.1, 0.15) is 50.7 Å². The van der Waals surface area contributed by atoms with Gasteiger partial charge in [0.25, 0.3) is 0 Å². The van der Waals surface area contributed by atoms with Crippen molar-refractivity contribution in [3.8, 4) is 5.75 Å². The standard InChI is InChI=1S/C58H86N11O25/c1-4-23(2)14-35(75)93-49-42(79)33(21-73)91-56(47(49)84)94-48-34(22-74)92-55(46(83)44(48)81)89-28-12-10-25(11-13-28)15-29(65-51(86)36(59)24(3)26-8-6-5-7-9-26)50(85)67-37(39(76)30-16-62-57(60)66-30)53(88)68-38(52(87)64-27(18-70)19-71)40(77)31-17-63-58(61)69(31)54-45(82)43(80)41(78)32(20-72)90-54/h5-13,23-24,27,29-34,36-49,54-56,70,72-74,76-84H,4,14-18,20-22,59H2,1-3H3,(H2,61,63)(H,64,87)(H,65,86)(H,67,85)(H,68,88)(H3,60,62,66)/t23?,24?,27-,29-,30?,31?,32?,33?,34?,36-,37-,38-,39?,40?,41?,42?,43?,44?,45?,46?,47?,48?,49?,54?,55?,56?/m0/s1. The van der Waals surface area contributed by atoms with E-state index >= 15 is 0 Å². The number of amides is 4. The summed E-state index contributed by atoms with van der Waals surface area (Å²) >= 11 is 0. The Morgan fingerprint density at radius 2 is 1.31 bits per heavy atom. The molecule has 2 aromatic rings. The van der Waals surface area contributed by atoms with Gasteiger partial charge in [-0.2, -0.15) is 0 Å². The molecule has 24 N–H and O–H groups in total. The van der Waals surface area contributed by atoms with Gasteiger partial charge in [-0.25, -0.2) is 0 Å². The number of nitrogens with zero attached hydrogens (tertiary/aromatic N) is 1. The van der Waals surface area contributed by atoms with Crippen molar-refractivity contribution in [3.63, 3.8) is 0 Å². The Morgan fingerprint density at radius 1 is 0.691 bits per heavy atom. The highest BCUT2D eigenvalue weighted by Gasteiger charge is 2.55. The minimum Gasteiger partial charge on any atom is -0.462 e. The maximum Gasteiger partial charge on any atom is 0.306 e. The molecule has 2 aromatic carbocycles. The van der Waals surface area contributed by atoms with Crippen molar-refractivity contribution in [3.05, 3.63) is 65.7 Å². The summed E-state index contributed by atoms with van der Waals surface area (Å²) in [6.07, 6.45) is -29.6. The Labute approximate surface area is 538 Å². The van der Waals surface area contributed by atoms with Gasteiger partial charge in [0.1, 0.15) is 109 Å². The van der Waals surface area contributed by atoms with Crippen molar-refractivity contribution in [2.45, 2.75) is 193 Å². The number of esters is 1. The fourth-order valence-corrected chi connectivity index (χ4v) is 11.3. The highest BCUT2D eigenvalue weighted by atomic mass is 16.7. The summed E-state index contributed by atoms with van der Waals surface area (Å²) in [6, 6.07) is 1.79. The minimum atomic E-state index is -2.30. The van der Waals surface area contributed by atoms with E-state index in [1.165, 1.54) is 30.6 Å². The molecule has 5 saturated heterocycles. The summed E-state index contributed by atoms with van der Waals surface area (Å²) in [5, 5.41) is 175. The maximum absolute atomic E-state index is 14.9. The first-order valence-electron chi connectivity index (χ1n) is 30.4. The van der Waals surface area contributed by atoms with Crippen LogP contribution in [0.4, 0.5) is 0 Å². The number of carbonyl (C=O) groups excluding carboxylic acids is 6. The van der Waals surface area contributed by atoms with Gasteiger partial charge < -0.3 is 143 Å². The third-order valence-electron chi connectivity index (χ3n) is 17.2. The average Bonchev–Trinajstić information content (AvgIpc) is 1.33. The van der Waals surface area contributed by atoms with E-state index in [9.17, 15) is 95.2 Å². The molecule has 36 nitrogen and oxygen atoms in total. The number of rotatable bonds is 30. The van der Waals surface area contributed by atoms with Crippen LogP contribution in [-0.4, -0.2) is 305 Å². The van der Waals surface area contributed by atoms with Gasteiger partial charge in [0, 0.05) is 31.8 Å². The Morgan fingerprint density at radius 3 is 1.91 bits per heavy atom. The molecule has 26 atom stereocenters. The second-order valence-corrected chi connectivity index (χ2v) is 23.7. The molecule has 21 unspecified atom stereocenters. The summed E-state index contributed by atoms with van der Waals surface area (Å²) < 4.78 is 34.1. The van der Waals surface area contributed by atoms with E-state index in [4.69, 9.17) is 45.0 Å². The molecule has 0 aliphatic carbocycles. The SMILES string of the molecule is CCC(C)CC(=O)OC1C(O)C(CO)OC(OC2C(CO)OC(Oc3ccc(C[C@H](NC(=O)[C@@H](N)C(C)c4ccccc4)C(=O)N[C@H](C(=O)N[C@H](C(=O)N[C@H]([C]=O)CO)C(O)C4CNC(=N)N4C4OC(CO)C(O)C(O)C4O)C(O)C4CNC(=N)N4)cc3)C(O)C2O)C1O. The van der Waals surface area contributed by atoms with E-state index in [1.807, 2.05) is 6.92 Å². The van der Waals surface area contributed by atoms with Crippen LogP contribution < -0.4 is 47.7 Å². The number of nitrogens with one attached hydrogen (secondary N) is 9. The summed E-state index contributed by atoms with van der Waals surface area (Å²) in [6.45, 7) is 0.900. The van der Waals surface area contributed by atoms with Gasteiger partial charge in [-0.3, -0.25) is 39.6 Å². The molecule has 0 aromatic heterocycles. The van der Waals surface area contributed by atoms with E-state index in [2.05, 4.69) is 37.2 Å². The van der Waals surface area contributed by atoms with Crippen LogP contribution in [0.15, 0.2) is 54.6 Å². The molecule has 94 heavy (non-hydrogen) atoms. The second kappa shape index (κ2) is 33.6. The lowest BCUT2D eigenvalue weighted by atomic mass is 9.93. The van der Waals surface area contributed by atoms with Gasteiger partial charge in [-0.05, 0) is 29.2 Å². The molecule has 0 spiro atoms. The van der Waals surface area contributed by atoms with Crippen molar-refractivity contribution in [2.24, 2.45) is 11.7 Å². The zero-order valence-electron chi connectivity index (χ0n) is 51.3. The third kappa shape index (κ3) is 17.6. The van der Waals surface area contributed by atoms with Crippen LogP contribution >= 0.6 is 0 Å². The molecule has 1 radical (unpaired) electrons. The molecule has 7 rings (SSSR count). The first-order valence-corrected chi connectivity index (χ1v) is 30.4. The summed E-state index contributed by atoms with van der Waals surface area (Å²) in [5.74, 6) is -7.48. The van der Waals surface area contributed by atoms with Gasteiger partial charge in [-0.1, -0.05) is 69.7 Å². The van der Waals surface area contributed by atoms with Crippen molar-refractivity contribution in [1.29, 1.82) is 10.8 Å². The van der Waals surface area contributed by atoms with Gasteiger partial charge in [0.2, 0.25) is 36.2 Å². The Balaban J connectivity index is 1.13. The lowest BCUT2D eigenvalue weighted by Gasteiger charge is -2.46. The van der Waals surface area contributed by atoms with Gasteiger partial charge in [-0.15, -0.1) is 0 Å². The molecular weight excluding hydrogens is 1250 g/mol. The maximum atomic E-state index is 14.9. The van der Waals surface area contributed by atoms with Crippen molar-refractivity contribution >= 4 is 47.8 Å². The number of nitrogens with two attached hydrogens (primary N) is 1. The van der Waals surface area contributed by atoms with Gasteiger partial charge in [0.15, 0.2) is 30.5 Å². The van der Waals surface area contributed by atoms with E-state index in [0.29, 0.717) is 12.0 Å². The quantitative estimate of drug-likeness (QED) is 0.0323. The number of aliphatic hydroxyl groups is 13. The third-order valence-corrected chi connectivity index (χ3v) is 17.2. The summed E-state index contributed by atoms with van der Waals surface area (Å²) in [7, 11) is 0. The van der Waals surface area contributed by atoms with Crippen LogP contribution in [0.5, 0.6) is 5.75 Å². The molecule has 36 heteroatoms. The predicted octanol–water partition coefficient (Wildman–Crippen LogP) is -10.4. The number of benzene rings is 2. The lowest BCUT2D eigenvalue weighted by Crippen LogP contribution is -2.69. The average molecular weight is 1340 g/mol. The Kier molecular flexibility index (Phi) is 26.7. The van der Waals surface area contributed by atoms with Crippen molar-refractivity contribution in [1.82, 2.24) is 42.1 Å². The minimum absolute atomic E-state index is 0.0607. The molecule has 523 valence electrons. The van der Waals surface area contributed by atoms with Gasteiger partial charge >= 0.3 is 5.97 Å². The highest BCUT2D eigenvalue weighted by Crippen LogP contribution is 2.33. The van der Waals surface area contributed by atoms with Crippen molar-refractivity contribution in [2.75, 3.05) is 39.5 Å². The second-order valence-electron chi connectivity index (χ2n) is 23.7. The number of carbonyl (C=O) groups is 5. The summed E-state index contributed by atoms with van der Waals surface area (Å²) in [4.78, 5) is 83.5. The lowest BCUT2D eigenvalue weighted by molar-refractivity contribution is -0.353. The number of aliphatic hydroxyl groups excluding tert-OH is 13.